The summed E-state index contributed by atoms with van der Waals surface area (Å²) < 4.78 is 0. The van der Waals surface area contributed by atoms with Crippen LogP contribution in [0, 0.1) is 5.92 Å². The van der Waals surface area contributed by atoms with Crippen molar-refractivity contribution in [3.63, 3.8) is 0 Å². The predicted molar refractivity (Wildman–Crippen MR) is 75.6 cm³/mol. The van der Waals surface area contributed by atoms with Gasteiger partial charge in [-0.2, -0.15) is 0 Å². The van der Waals surface area contributed by atoms with Crippen molar-refractivity contribution in [3.8, 4) is 0 Å². The Morgan fingerprint density at radius 3 is 2.61 bits per heavy atom. The van der Waals surface area contributed by atoms with Crippen LogP contribution in [0.3, 0.4) is 0 Å². The van der Waals surface area contributed by atoms with Crippen molar-refractivity contribution in [1.82, 2.24) is 0 Å². The van der Waals surface area contributed by atoms with E-state index in [1.165, 1.54) is 6.07 Å². The lowest BCUT2D eigenvalue weighted by molar-refractivity contribution is 0.0697. The minimum absolute atomic E-state index is 0.208. The average molecular weight is 270 g/mol. The highest BCUT2D eigenvalue weighted by atomic mass is 35.5. The van der Waals surface area contributed by atoms with E-state index >= 15 is 0 Å². The molecular weight excluding hydrogens is 250 g/mol. The van der Waals surface area contributed by atoms with Gasteiger partial charge in [0.25, 0.3) is 0 Å². The fourth-order valence-corrected chi connectivity index (χ4v) is 2.09. The minimum Gasteiger partial charge on any atom is -0.478 e. The summed E-state index contributed by atoms with van der Waals surface area (Å²) in [6.45, 7) is 6.49. The highest BCUT2D eigenvalue weighted by Gasteiger charge is 2.11. The van der Waals surface area contributed by atoms with Crippen LogP contribution in [0.1, 0.15) is 44.0 Å². The van der Waals surface area contributed by atoms with E-state index in [1.807, 2.05) is 0 Å². The summed E-state index contributed by atoms with van der Waals surface area (Å²) in [5.41, 5.74) is 0.998. The van der Waals surface area contributed by atoms with E-state index in [1.54, 1.807) is 12.1 Å². The topological polar surface area (TPSA) is 49.3 Å². The average Bonchev–Trinajstić information content (AvgIpc) is 2.31. The highest BCUT2D eigenvalue weighted by molar-refractivity contribution is 6.33. The van der Waals surface area contributed by atoms with Crippen molar-refractivity contribution in [2.24, 2.45) is 5.92 Å². The molecule has 0 aromatic heterocycles. The number of anilines is 1. The molecule has 0 fully saturated rings. The fourth-order valence-electron chi connectivity index (χ4n) is 1.86. The molecule has 2 unspecified atom stereocenters. The van der Waals surface area contributed by atoms with Gasteiger partial charge in [0.2, 0.25) is 0 Å². The van der Waals surface area contributed by atoms with Crippen LogP contribution < -0.4 is 5.32 Å². The molecule has 0 aliphatic heterocycles. The van der Waals surface area contributed by atoms with Gasteiger partial charge in [0, 0.05) is 6.04 Å². The lowest BCUT2D eigenvalue weighted by atomic mass is 10.0. The van der Waals surface area contributed by atoms with Crippen LogP contribution in [0.25, 0.3) is 0 Å². The molecule has 100 valence electrons. The number of aromatic carboxylic acids is 1. The molecule has 0 saturated carbocycles. The Morgan fingerprint density at radius 1 is 1.44 bits per heavy atom. The van der Waals surface area contributed by atoms with Gasteiger partial charge >= 0.3 is 5.97 Å². The molecule has 0 aliphatic carbocycles. The van der Waals surface area contributed by atoms with Gasteiger partial charge in [0.1, 0.15) is 0 Å². The third-order valence-electron chi connectivity index (χ3n) is 3.07. The molecule has 0 saturated heterocycles. The summed E-state index contributed by atoms with van der Waals surface area (Å²) in [6.07, 6.45) is 2.21. The zero-order chi connectivity index (χ0) is 13.7. The summed E-state index contributed by atoms with van der Waals surface area (Å²) in [6, 6.07) is 5.07. The Balaban J connectivity index is 2.70. The number of nitrogens with one attached hydrogen (secondary N) is 1. The van der Waals surface area contributed by atoms with Gasteiger partial charge in [-0.1, -0.05) is 31.9 Å². The van der Waals surface area contributed by atoms with Gasteiger partial charge in [0.15, 0.2) is 0 Å². The number of carboxylic acids is 1. The molecule has 0 amide bonds. The Hall–Kier alpha value is -1.22. The Kier molecular flexibility index (Phi) is 5.48. The molecule has 18 heavy (non-hydrogen) atoms. The van der Waals surface area contributed by atoms with Crippen molar-refractivity contribution in [1.29, 1.82) is 0 Å². The van der Waals surface area contributed by atoms with Crippen LogP contribution in [0.5, 0.6) is 0 Å². The maximum atomic E-state index is 10.8. The molecule has 2 atom stereocenters. The van der Waals surface area contributed by atoms with Gasteiger partial charge in [-0.15, -0.1) is 0 Å². The molecule has 1 rings (SSSR count). The van der Waals surface area contributed by atoms with Gasteiger partial charge in [-0.05, 0) is 37.5 Å². The van der Waals surface area contributed by atoms with Crippen LogP contribution in [-0.2, 0) is 0 Å². The Morgan fingerprint density at radius 2 is 2.11 bits per heavy atom. The fraction of sp³-hybridized carbons (Fsp3) is 0.500. The van der Waals surface area contributed by atoms with E-state index in [-0.39, 0.29) is 5.56 Å². The lowest BCUT2D eigenvalue weighted by Crippen LogP contribution is -2.18. The van der Waals surface area contributed by atoms with Crippen molar-refractivity contribution in [2.75, 3.05) is 5.32 Å². The molecule has 0 heterocycles. The number of hydrogen-bond acceptors (Lipinski definition) is 2. The second-order valence-electron chi connectivity index (χ2n) is 4.79. The van der Waals surface area contributed by atoms with E-state index in [2.05, 4.69) is 26.1 Å². The zero-order valence-electron chi connectivity index (χ0n) is 11.0. The van der Waals surface area contributed by atoms with Crippen LogP contribution >= 0.6 is 11.6 Å². The molecule has 4 heteroatoms. The second kappa shape index (κ2) is 6.64. The molecule has 0 aliphatic rings. The van der Waals surface area contributed by atoms with Crippen molar-refractivity contribution >= 4 is 23.3 Å². The van der Waals surface area contributed by atoms with Crippen LogP contribution in [0.2, 0.25) is 5.02 Å². The zero-order valence-corrected chi connectivity index (χ0v) is 11.8. The van der Waals surface area contributed by atoms with Crippen molar-refractivity contribution in [3.05, 3.63) is 28.8 Å². The van der Waals surface area contributed by atoms with E-state index in [0.29, 0.717) is 17.0 Å². The van der Waals surface area contributed by atoms with Gasteiger partial charge in [-0.3, -0.25) is 0 Å². The second-order valence-corrected chi connectivity index (χ2v) is 5.20. The van der Waals surface area contributed by atoms with Crippen LogP contribution in [0.4, 0.5) is 5.69 Å². The third kappa shape index (κ3) is 4.22. The summed E-state index contributed by atoms with van der Waals surface area (Å²) in [4.78, 5) is 10.8. The predicted octanol–water partition coefficient (Wildman–Crippen LogP) is 4.27. The summed E-state index contributed by atoms with van der Waals surface area (Å²) >= 11 is 6.06. The quantitative estimate of drug-likeness (QED) is 0.811. The van der Waals surface area contributed by atoms with Gasteiger partial charge < -0.3 is 10.4 Å². The van der Waals surface area contributed by atoms with Crippen LogP contribution in [0.15, 0.2) is 18.2 Å². The van der Waals surface area contributed by atoms with Gasteiger partial charge in [-0.25, -0.2) is 4.79 Å². The first kappa shape index (κ1) is 14.8. The number of benzene rings is 1. The largest absolute Gasteiger partial charge is 0.478 e. The van der Waals surface area contributed by atoms with Crippen molar-refractivity contribution in [2.45, 2.75) is 39.7 Å². The SMILES string of the molecule is CCC(C)CC(C)Nc1ccc(C(=O)O)cc1Cl. The molecule has 1 aromatic carbocycles. The molecular formula is C14H20ClNO2. The molecule has 0 spiro atoms. The minimum atomic E-state index is -0.962. The molecule has 1 aromatic rings. The third-order valence-corrected chi connectivity index (χ3v) is 3.38. The monoisotopic (exact) mass is 269 g/mol. The number of carboxylic acid groups (broad SMARTS) is 1. The Labute approximate surface area is 113 Å². The molecule has 0 radical (unpaired) electrons. The first-order valence-corrected chi connectivity index (χ1v) is 6.61. The van der Waals surface area contributed by atoms with Crippen LogP contribution in [-0.4, -0.2) is 17.1 Å². The summed E-state index contributed by atoms with van der Waals surface area (Å²) in [5.74, 6) is -0.305. The smallest absolute Gasteiger partial charge is 0.335 e. The lowest BCUT2D eigenvalue weighted by Gasteiger charge is -2.19. The van der Waals surface area contributed by atoms with Gasteiger partial charge in [0.05, 0.1) is 16.3 Å². The number of halogens is 1. The normalized spacial score (nSPS) is 14.0. The first-order valence-electron chi connectivity index (χ1n) is 6.23. The maximum Gasteiger partial charge on any atom is 0.335 e. The Bertz CT molecular complexity index is 420. The molecule has 2 N–H and O–H groups in total. The molecule has 0 bridgehead atoms. The van der Waals surface area contributed by atoms with E-state index in [4.69, 9.17) is 16.7 Å². The van der Waals surface area contributed by atoms with Crippen molar-refractivity contribution < 1.29 is 9.90 Å². The van der Waals surface area contributed by atoms with E-state index < -0.39 is 5.97 Å². The summed E-state index contributed by atoms with van der Waals surface area (Å²) in [5, 5.41) is 12.6. The number of hydrogen-bond donors (Lipinski definition) is 2. The number of carbonyl (C=O) groups is 1. The van der Waals surface area contributed by atoms with E-state index in [9.17, 15) is 4.79 Å². The first-order chi connectivity index (χ1) is 8.43. The molecule has 3 nitrogen and oxygen atoms in total. The maximum absolute atomic E-state index is 10.8. The number of rotatable bonds is 6. The highest BCUT2D eigenvalue weighted by Crippen LogP contribution is 2.25. The standard InChI is InChI=1S/C14H20ClNO2/c1-4-9(2)7-10(3)16-13-6-5-11(14(17)18)8-12(13)15/h5-6,8-10,16H,4,7H2,1-3H3,(H,17,18). The summed E-state index contributed by atoms with van der Waals surface area (Å²) in [7, 11) is 0. The van der Waals surface area contributed by atoms with E-state index in [0.717, 1.165) is 18.5 Å².